The van der Waals surface area contributed by atoms with Crippen LogP contribution in [0.4, 0.5) is 18.9 Å². The normalized spacial score (nSPS) is 16.2. The van der Waals surface area contributed by atoms with E-state index in [4.69, 9.17) is 0 Å². The van der Waals surface area contributed by atoms with Crippen molar-refractivity contribution < 1.29 is 18.0 Å². The predicted molar refractivity (Wildman–Crippen MR) is 75.3 cm³/mol. The smallest absolute Gasteiger partial charge is 0.368 e. The van der Waals surface area contributed by atoms with E-state index in [1.807, 2.05) is 4.90 Å². The van der Waals surface area contributed by atoms with Gasteiger partial charge in [-0.15, -0.1) is 0 Å². The molecule has 1 aliphatic heterocycles. The van der Waals surface area contributed by atoms with Gasteiger partial charge in [0.25, 0.3) is 0 Å². The van der Waals surface area contributed by atoms with E-state index in [-0.39, 0.29) is 5.91 Å². The number of amides is 1. The van der Waals surface area contributed by atoms with Gasteiger partial charge in [0.15, 0.2) is 0 Å². The SMILES string of the molecule is CCc1ccc(N2CCN(C(C)=O)CC2)cc1C(F)(F)F. The van der Waals surface area contributed by atoms with Crippen molar-refractivity contribution >= 4 is 11.6 Å². The lowest BCUT2D eigenvalue weighted by atomic mass is 10.0. The zero-order valence-corrected chi connectivity index (χ0v) is 12.2. The van der Waals surface area contributed by atoms with Crippen LogP contribution in [-0.2, 0) is 17.4 Å². The zero-order valence-electron chi connectivity index (χ0n) is 12.2. The molecule has 1 aromatic rings. The fourth-order valence-corrected chi connectivity index (χ4v) is 2.61. The summed E-state index contributed by atoms with van der Waals surface area (Å²) in [5, 5.41) is 0. The van der Waals surface area contributed by atoms with Crippen molar-refractivity contribution in [2.45, 2.75) is 26.4 Å². The van der Waals surface area contributed by atoms with E-state index < -0.39 is 11.7 Å². The number of alkyl halides is 3. The van der Waals surface area contributed by atoms with E-state index in [9.17, 15) is 18.0 Å². The second-order valence-corrected chi connectivity index (χ2v) is 5.19. The fraction of sp³-hybridized carbons (Fsp3) is 0.533. The summed E-state index contributed by atoms with van der Waals surface area (Å²) in [6.07, 6.45) is -3.98. The molecule has 1 aromatic carbocycles. The number of piperazine rings is 1. The Kier molecular flexibility index (Phi) is 4.44. The summed E-state index contributed by atoms with van der Waals surface area (Å²) in [5.74, 6) is 0.00645. The molecule has 1 aliphatic rings. The Balaban J connectivity index is 2.20. The molecule has 0 radical (unpaired) electrons. The number of halogens is 3. The van der Waals surface area contributed by atoms with Gasteiger partial charge >= 0.3 is 6.18 Å². The summed E-state index contributed by atoms with van der Waals surface area (Å²) in [7, 11) is 0. The highest BCUT2D eigenvalue weighted by atomic mass is 19.4. The molecular weight excluding hydrogens is 281 g/mol. The van der Waals surface area contributed by atoms with E-state index in [1.54, 1.807) is 24.0 Å². The van der Waals surface area contributed by atoms with Gasteiger partial charge in [0.2, 0.25) is 5.91 Å². The van der Waals surface area contributed by atoms with Crippen molar-refractivity contribution in [2.75, 3.05) is 31.1 Å². The molecule has 1 heterocycles. The lowest BCUT2D eigenvalue weighted by molar-refractivity contribution is -0.138. The molecule has 1 amide bonds. The summed E-state index contributed by atoms with van der Waals surface area (Å²) < 4.78 is 39.2. The number of hydrogen-bond acceptors (Lipinski definition) is 2. The number of benzene rings is 1. The highest BCUT2D eigenvalue weighted by Gasteiger charge is 2.33. The van der Waals surface area contributed by atoms with Crippen molar-refractivity contribution in [3.8, 4) is 0 Å². The standard InChI is InChI=1S/C15H19F3N2O/c1-3-12-4-5-13(10-14(12)15(16,17)18)20-8-6-19(7-9-20)11(2)21/h4-5,10H,3,6-9H2,1-2H3. The van der Waals surface area contributed by atoms with Crippen LogP contribution in [0.25, 0.3) is 0 Å². The lowest BCUT2D eigenvalue weighted by Crippen LogP contribution is -2.48. The molecule has 0 unspecified atom stereocenters. The van der Waals surface area contributed by atoms with E-state index in [0.29, 0.717) is 43.9 Å². The summed E-state index contributed by atoms with van der Waals surface area (Å²) in [4.78, 5) is 14.9. The number of rotatable bonds is 2. The molecule has 21 heavy (non-hydrogen) atoms. The second-order valence-electron chi connectivity index (χ2n) is 5.19. The van der Waals surface area contributed by atoms with Crippen LogP contribution < -0.4 is 4.90 Å². The molecule has 1 fully saturated rings. The lowest BCUT2D eigenvalue weighted by Gasteiger charge is -2.36. The van der Waals surface area contributed by atoms with E-state index >= 15 is 0 Å². The first-order valence-corrected chi connectivity index (χ1v) is 7.03. The maximum absolute atomic E-state index is 13.1. The minimum absolute atomic E-state index is 0.00645. The number of aryl methyl sites for hydroxylation is 1. The molecule has 0 atom stereocenters. The number of carbonyl (C=O) groups is 1. The topological polar surface area (TPSA) is 23.6 Å². The first-order valence-electron chi connectivity index (χ1n) is 7.03. The Morgan fingerprint density at radius 1 is 1.19 bits per heavy atom. The van der Waals surface area contributed by atoms with E-state index in [0.717, 1.165) is 0 Å². The van der Waals surface area contributed by atoms with Crippen LogP contribution in [0, 0.1) is 0 Å². The van der Waals surface area contributed by atoms with Crippen LogP contribution in [0.15, 0.2) is 18.2 Å². The van der Waals surface area contributed by atoms with Crippen molar-refractivity contribution in [3.63, 3.8) is 0 Å². The summed E-state index contributed by atoms with van der Waals surface area (Å²) >= 11 is 0. The number of hydrogen-bond donors (Lipinski definition) is 0. The predicted octanol–water partition coefficient (Wildman–Crippen LogP) is 2.94. The summed E-state index contributed by atoms with van der Waals surface area (Å²) in [6, 6.07) is 4.51. The van der Waals surface area contributed by atoms with Gasteiger partial charge in [0.1, 0.15) is 0 Å². The van der Waals surface area contributed by atoms with Crippen molar-refractivity contribution in [3.05, 3.63) is 29.3 Å². The first kappa shape index (κ1) is 15.7. The third kappa shape index (κ3) is 3.49. The molecule has 2 rings (SSSR count). The van der Waals surface area contributed by atoms with Crippen molar-refractivity contribution in [1.29, 1.82) is 0 Å². The number of anilines is 1. The van der Waals surface area contributed by atoms with Crippen LogP contribution in [-0.4, -0.2) is 37.0 Å². The summed E-state index contributed by atoms with van der Waals surface area (Å²) in [6.45, 7) is 5.44. The Morgan fingerprint density at radius 3 is 2.29 bits per heavy atom. The molecular formula is C15H19F3N2O. The Morgan fingerprint density at radius 2 is 1.81 bits per heavy atom. The van der Waals surface area contributed by atoms with Gasteiger partial charge in [-0.25, -0.2) is 0 Å². The Bertz CT molecular complexity index is 520. The monoisotopic (exact) mass is 300 g/mol. The minimum Gasteiger partial charge on any atom is -0.368 e. The highest BCUT2D eigenvalue weighted by Crippen LogP contribution is 2.35. The molecule has 0 aliphatic carbocycles. The van der Waals surface area contributed by atoms with Crippen molar-refractivity contribution in [2.24, 2.45) is 0 Å². The van der Waals surface area contributed by atoms with Crippen molar-refractivity contribution in [1.82, 2.24) is 4.90 Å². The third-order valence-corrected chi connectivity index (χ3v) is 3.87. The zero-order chi connectivity index (χ0) is 15.6. The van der Waals surface area contributed by atoms with Gasteiger partial charge in [0.05, 0.1) is 5.56 Å². The minimum atomic E-state index is -4.33. The molecule has 0 spiro atoms. The van der Waals surface area contributed by atoms with Crippen LogP contribution in [0.2, 0.25) is 0 Å². The average Bonchev–Trinajstić information content (AvgIpc) is 2.45. The fourth-order valence-electron chi connectivity index (χ4n) is 2.61. The Hall–Kier alpha value is -1.72. The quantitative estimate of drug-likeness (QED) is 0.838. The van der Waals surface area contributed by atoms with Gasteiger partial charge in [-0.1, -0.05) is 13.0 Å². The van der Waals surface area contributed by atoms with Gasteiger partial charge in [-0.3, -0.25) is 4.79 Å². The maximum Gasteiger partial charge on any atom is 0.416 e. The van der Waals surface area contributed by atoms with Gasteiger partial charge in [-0.2, -0.15) is 13.2 Å². The largest absolute Gasteiger partial charge is 0.416 e. The maximum atomic E-state index is 13.1. The average molecular weight is 300 g/mol. The molecule has 3 nitrogen and oxygen atoms in total. The van der Waals surface area contributed by atoms with Crippen LogP contribution in [0.1, 0.15) is 25.0 Å². The van der Waals surface area contributed by atoms with Crippen LogP contribution in [0.3, 0.4) is 0 Å². The molecule has 116 valence electrons. The highest BCUT2D eigenvalue weighted by molar-refractivity contribution is 5.73. The number of nitrogens with zero attached hydrogens (tertiary/aromatic N) is 2. The van der Waals surface area contributed by atoms with E-state index in [1.165, 1.54) is 13.0 Å². The molecule has 6 heteroatoms. The van der Waals surface area contributed by atoms with Gasteiger partial charge < -0.3 is 9.80 Å². The van der Waals surface area contributed by atoms with E-state index in [2.05, 4.69) is 0 Å². The first-order chi connectivity index (χ1) is 9.82. The number of carbonyl (C=O) groups excluding carboxylic acids is 1. The molecule has 0 bridgehead atoms. The van der Waals surface area contributed by atoms with Gasteiger partial charge in [-0.05, 0) is 24.1 Å². The molecule has 1 saturated heterocycles. The molecule has 0 N–H and O–H groups in total. The van der Waals surface area contributed by atoms with Crippen LogP contribution in [0.5, 0.6) is 0 Å². The molecule has 0 saturated carbocycles. The second kappa shape index (κ2) is 5.95. The van der Waals surface area contributed by atoms with Gasteiger partial charge in [0, 0.05) is 38.8 Å². The third-order valence-electron chi connectivity index (χ3n) is 3.87. The Labute approximate surface area is 122 Å². The molecule has 0 aromatic heterocycles. The van der Waals surface area contributed by atoms with Crippen LogP contribution >= 0.6 is 0 Å². The summed E-state index contributed by atoms with van der Waals surface area (Å²) in [5.41, 5.74) is 0.327.